The maximum Gasteiger partial charge on any atom is 0.362 e. The zero-order valence-corrected chi connectivity index (χ0v) is 46.3. The number of rotatable bonds is 54. The molecular weight excluding hydrogens is 859 g/mol. The number of nitrogens with zero attached hydrogens (tertiary/aromatic N) is 1. The van der Waals surface area contributed by atoms with Crippen molar-refractivity contribution in [3.63, 3.8) is 0 Å². The fourth-order valence-corrected chi connectivity index (χ4v) is 8.94. The van der Waals surface area contributed by atoms with Crippen molar-refractivity contribution in [1.82, 2.24) is 0 Å². The molecule has 0 aromatic rings. The second-order valence-corrected chi connectivity index (χ2v) is 21.2. The number of hydrogen-bond acceptors (Lipinski definition) is 6. The molecule has 0 aromatic carbocycles. The highest BCUT2D eigenvalue weighted by Gasteiger charge is 2.31. The lowest BCUT2D eigenvalue weighted by atomic mass is 10.0. The number of allylic oxidation sites excluding steroid dienone is 6. The van der Waals surface area contributed by atoms with Gasteiger partial charge in [-0.25, -0.2) is 4.79 Å². The third-order valence-corrected chi connectivity index (χ3v) is 13.5. The van der Waals surface area contributed by atoms with Crippen LogP contribution in [0.5, 0.6) is 0 Å². The normalized spacial score (nSPS) is 13.0. The molecule has 69 heavy (non-hydrogen) atoms. The number of carboxylic acid groups (broad SMARTS) is 1. The molecular formula is C61H114NO7+. The molecule has 2 unspecified atom stereocenters. The van der Waals surface area contributed by atoms with E-state index in [9.17, 15) is 19.5 Å². The topological polar surface area (TPSA) is 99.1 Å². The maximum absolute atomic E-state index is 12.8. The maximum atomic E-state index is 12.8. The van der Waals surface area contributed by atoms with Crippen molar-refractivity contribution in [3.05, 3.63) is 36.5 Å². The molecule has 404 valence electrons. The van der Waals surface area contributed by atoms with E-state index >= 15 is 0 Å². The molecule has 0 radical (unpaired) electrons. The Balaban J connectivity index is 4.17. The van der Waals surface area contributed by atoms with Crippen molar-refractivity contribution in [2.24, 2.45) is 0 Å². The largest absolute Gasteiger partial charge is 0.477 e. The number of ether oxygens (including phenoxy) is 3. The predicted octanol–water partition coefficient (Wildman–Crippen LogP) is 17.7. The van der Waals surface area contributed by atoms with Gasteiger partial charge < -0.3 is 23.8 Å². The van der Waals surface area contributed by atoms with E-state index in [2.05, 4.69) is 50.3 Å². The minimum atomic E-state index is -0.874. The van der Waals surface area contributed by atoms with Crippen molar-refractivity contribution < 1.29 is 38.2 Å². The third kappa shape index (κ3) is 50.3. The van der Waals surface area contributed by atoms with Gasteiger partial charge in [0.2, 0.25) is 0 Å². The smallest absolute Gasteiger partial charge is 0.362 e. The second-order valence-electron chi connectivity index (χ2n) is 21.2. The summed E-state index contributed by atoms with van der Waals surface area (Å²) >= 11 is 0. The summed E-state index contributed by atoms with van der Waals surface area (Å²) in [6.07, 6.45) is 63.5. The number of hydrogen-bond donors (Lipinski definition) is 1. The Morgan fingerprint density at radius 1 is 0.435 bits per heavy atom. The molecule has 0 rings (SSSR count). The molecule has 0 aliphatic heterocycles. The first-order valence-corrected chi connectivity index (χ1v) is 29.5. The predicted molar refractivity (Wildman–Crippen MR) is 294 cm³/mol. The highest BCUT2D eigenvalue weighted by molar-refractivity contribution is 5.72. The van der Waals surface area contributed by atoms with E-state index in [1.807, 2.05) is 21.1 Å². The summed E-state index contributed by atoms with van der Waals surface area (Å²) in [5, 5.41) is 9.68. The number of unbranched alkanes of at least 4 members (excludes halogenated alkanes) is 34. The van der Waals surface area contributed by atoms with Crippen LogP contribution < -0.4 is 0 Å². The summed E-state index contributed by atoms with van der Waals surface area (Å²) < 4.78 is 17.4. The van der Waals surface area contributed by atoms with E-state index in [0.29, 0.717) is 19.3 Å². The van der Waals surface area contributed by atoms with Crippen LogP contribution in [0.25, 0.3) is 0 Å². The van der Waals surface area contributed by atoms with Gasteiger partial charge in [-0.2, -0.15) is 0 Å². The van der Waals surface area contributed by atoms with Gasteiger partial charge in [-0.15, -0.1) is 0 Å². The van der Waals surface area contributed by atoms with Crippen LogP contribution in [0.15, 0.2) is 36.5 Å². The minimum absolute atomic E-state index is 0.0547. The van der Waals surface area contributed by atoms with Crippen LogP contribution in [0.2, 0.25) is 0 Å². The first-order valence-electron chi connectivity index (χ1n) is 29.5. The molecule has 8 nitrogen and oxygen atoms in total. The van der Waals surface area contributed by atoms with Crippen LogP contribution in [0.3, 0.4) is 0 Å². The lowest BCUT2D eigenvalue weighted by Gasteiger charge is -2.31. The number of quaternary nitrogens is 1. The molecule has 0 amide bonds. The van der Waals surface area contributed by atoms with Gasteiger partial charge in [-0.1, -0.05) is 230 Å². The first-order chi connectivity index (χ1) is 33.6. The van der Waals surface area contributed by atoms with Crippen LogP contribution in [0.1, 0.15) is 284 Å². The number of carbonyl (C=O) groups excluding carboxylic acids is 2. The average Bonchev–Trinajstić information content (AvgIpc) is 3.31. The van der Waals surface area contributed by atoms with E-state index in [4.69, 9.17) is 14.2 Å². The summed E-state index contributed by atoms with van der Waals surface area (Å²) in [6, 6.07) is -0.617. The molecule has 0 fully saturated rings. The van der Waals surface area contributed by atoms with E-state index in [1.54, 1.807) is 0 Å². The Morgan fingerprint density at radius 3 is 1.13 bits per heavy atom. The van der Waals surface area contributed by atoms with E-state index in [0.717, 1.165) is 51.4 Å². The van der Waals surface area contributed by atoms with E-state index < -0.39 is 18.1 Å². The number of aliphatic carboxylic acids is 1. The van der Waals surface area contributed by atoms with Crippen LogP contribution in [-0.4, -0.2) is 80.6 Å². The molecule has 1 N–H and O–H groups in total. The van der Waals surface area contributed by atoms with Gasteiger partial charge in [0, 0.05) is 19.3 Å². The quantitative estimate of drug-likeness (QED) is 0.0280. The van der Waals surface area contributed by atoms with E-state index in [1.165, 1.54) is 199 Å². The van der Waals surface area contributed by atoms with Gasteiger partial charge in [0.1, 0.15) is 6.61 Å². The molecule has 2 atom stereocenters. The second kappa shape index (κ2) is 51.9. The summed E-state index contributed by atoms with van der Waals surface area (Å²) in [5.74, 6) is -1.47. The Bertz CT molecular complexity index is 1220. The van der Waals surface area contributed by atoms with Crippen molar-refractivity contribution >= 4 is 17.9 Å². The molecule has 0 aliphatic rings. The van der Waals surface area contributed by atoms with Crippen LogP contribution in [0, 0.1) is 0 Å². The van der Waals surface area contributed by atoms with Crippen molar-refractivity contribution in [2.45, 2.75) is 296 Å². The van der Waals surface area contributed by atoms with Crippen molar-refractivity contribution in [1.29, 1.82) is 0 Å². The van der Waals surface area contributed by atoms with Crippen LogP contribution in [0.4, 0.5) is 0 Å². The fraction of sp³-hybridized carbons (Fsp3) is 0.852. The Hall–Kier alpha value is -2.45. The number of likely N-dealkylation sites (N-methyl/N-ethyl adjacent to an activating group) is 1. The zero-order valence-electron chi connectivity index (χ0n) is 46.3. The number of esters is 2. The zero-order chi connectivity index (χ0) is 50.6. The molecule has 0 saturated carbocycles. The Kier molecular flexibility index (Phi) is 50.0. The number of carboxylic acids is 1. The van der Waals surface area contributed by atoms with Gasteiger partial charge >= 0.3 is 17.9 Å². The summed E-state index contributed by atoms with van der Waals surface area (Å²) in [5.41, 5.74) is 0. The van der Waals surface area contributed by atoms with Gasteiger partial charge in [0.05, 0.1) is 34.4 Å². The summed E-state index contributed by atoms with van der Waals surface area (Å²) in [6.45, 7) is 4.77. The fourth-order valence-electron chi connectivity index (χ4n) is 8.94. The Morgan fingerprint density at radius 2 is 0.768 bits per heavy atom. The van der Waals surface area contributed by atoms with Gasteiger partial charge in [-0.05, 0) is 70.6 Å². The molecule has 0 heterocycles. The lowest BCUT2D eigenvalue weighted by Crippen LogP contribution is -2.50. The highest BCUT2D eigenvalue weighted by atomic mass is 16.6. The standard InChI is InChI=1S/C61H113NO7/c1-6-8-10-12-14-16-18-20-22-24-26-28-30-32-33-35-37-39-41-43-45-47-49-51-59(63)68-56-57(55-67-54-53-58(61(65)66)62(3,4)5)69-60(64)52-50-48-46-44-42-40-38-36-34-31-29-27-25-23-21-19-17-15-13-11-9-7-2/h26,28,31-34,57-58H,6-25,27,29-30,35-56H2,1-5H3/p+1/b28-26+,33-32+,34-31+. The molecule has 8 heteroatoms. The van der Waals surface area contributed by atoms with Crippen molar-refractivity contribution in [3.8, 4) is 0 Å². The molecule has 0 aromatic heterocycles. The average molecular weight is 974 g/mol. The highest BCUT2D eigenvalue weighted by Crippen LogP contribution is 2.16. The molecule has 0 aliphatic carbocycles. The molecule has 0 spiro atoms. The lowest BCUT2D eigenvalue weighted by molar-refractivity contribution is -0.887. The van der Waals surface area contributed by atoms with Gasteiger partial charge in [-0.3, -0.25) is 9.59 Å². The number of carbonyl (C=O) groups is 3. The monoisotopic (exact) mass is 973 g/mol. The van der Waals surface area contributed by atoms with Gasteiger partial charge in [0.25, 0.3) is 0 Å². The Labute approximate surface area is 427 Å². The third-order valence-electron chi connectivity index (χ3n) is 13.5. The first kappa shape index (κ1) is 66.6. The SMILES string of the molecule is CCCCCCCCCCC/C=C/C/C=C/CCCCCCCCCC(=O)OCC(COCCC(C(=O)O)[N+](C)(C)C)OC(=O)CCCCCCCCC/C=C/CCCCCCCCCCCCC. The minimum Gasteiger partial charge on any atom is -0.477 e. The van der Waals surface area contributed by atoms with Crippen LogP contribution >= 0.6 is 0 Å². The van der Waals surface area contributed by atoms with Crippen LogP contribution in [-0.2, 0) is 28.6 Å². The van der Waals surface area contributed by atoms with E-state index in [-0.39, 0.29) is 36.2 Å². The van der Waals surface area contributed by atoms with Gasteiger partial charge in [0.15, 0.2) is 12.1 Å². The summed E-state index contributed by atoms with van der Waals surface area (Å²) in [7, 11) is 5.55. The molecule has 0 bridgehead atoms. The summed E-state index contributed by atoms with van der Waals surface area (Å²) in [4.78, 5) is 37.3. The molecule has 0 saturated heterocycles. The van der Waals surface area contributed by atoms with Crippen molar-refractivity contribution in [2.75, 3.05) is 41.0 Å².